The first-order valence-electron chi connectivity index (χ1n) is 7.41. The lowest BCUT2D eigenvalue weighted by atomic mass is 10.0. The molecule has 1 aliphatic heterocycles. The molecule has 1 heterocycles. The SMILES string of the molecule is CN(C)c1ccc(C(=O)N2CCC[C@H](NS(C)(=O)=O)C2)cc1F. The van der Waals surface area contributed by atoms with E-state index in [2.05, 4.69) is 4.72 Å². The minimum atomic E-state index is -3.31. The zero-order chi connectivity index (χ0) is 17.2. The summed E-state index contributed by atoms with van der Waals surface area (Å²) in [5, 5.41) is 0. The lowest BCUT2D eigenvalue weighted by molar-refractivity contribution is 0.0702. The number of nitrogens with zero attached hydrogens (tertiary/aromatic N) is 2. The molecule has 1 N–H and O–H groups in total. The summed E-state index contributed by atoms with van der Waals surface area (Å²) in [5.74, 6) is -0.738. The van der Waals surface area contributed by atoms with Crippen molar-refractivity contribution >= 4 is 21.6 Å². The highest BCUT2D eigenvalue weighted by molar-refractivity contribution is 7.88. The normalized spacial score (nSPS) is 18.8. The molecule has 1 saturated heterocycles. The lowest BCUT2D eigenvalue weighted by Gasteiger charge is -2.33. The maximum Gasteiger partial charge on any atom is 0.254 e. The Labute approximate surface area is 136 Å². The number of likely N-dealkylation sites (tertiary alicyclic amines) is 1. The summed E-state index contributed by atoms with van der Waals surface area (Å²) in [4.78, 5) is 15.7. The summed E-state index contributed by atoms with van der Waals surface area (Å²) in [7, 11) is 0.143. The molecule has 2 rings (SSSR count). The predicted octanol–water partition coefficient (Wildman–Crippen LogP) is 1.05. The topological polar surface area (TPSA) is 69.7 Å². The Morgan fingerprint density at radius 3 is 2.65 bits per heavy atom. The molecule has 0 aliphatic carbocycles. The molecule has 0 spiro atoms. The zero-order valence-electron chi connectivity index (χ0n) is 13.5. The quantitative estimate of drug-likeness (QED) is 0.887. The van der Waals surface area contributed by atoms with E-state index >= 15 is 0 Å². The van der Waals surface area contributed by atoms with Gasteiger partial charge in [-0.05, 0) is 31.0 Å². The van der Waals surface area contributed by atoms with Crippen molar-refractivity contribution in [2.24, 2.45) is 0 Å². The van der Waals surface area contributed by atoms with Gasteiger partial charge >= 0.3 is 0 Å². The highest BCUT2D eigenvalue weighted by atomic mass is 32.2. The second-order valence-electron chi connectivity index (χ2n) is 6.04. The van der Waals surface area contributed by atoms with Gasteiger partial charge in [0, 0.05) is 38.8 Å². The summed E-state index contributed by atoms with van der Waals surface area (Å²) >= 11 is 0. The van der Waals surface area contributed by atoms with E-state index in [-0.39, 0.29) is 17.5 Å². The zero-order valence-corrected chi connectivity index (χ0v) is 14.4. The molecule has 0 unspecified atom stereocenters. The van der Waals surface area contributed by atoms with Crippen LogP contribution in [0.5, 0.6) is 0 Å². The van der Waals surface area contributed by atoms with E-state index in [9.17, 15) is 17.6 Å². The van der Waals surface area contributed by atoms with Gasteiger partial charge in [-0.25, -0.2) is 17.5 Å². The molecular formula is C15H22FN3O3S. The van der Waals surface area contributed by atoms with Crippen LogP contribution < -0.4 is 9.62 Å². The molecule has 0 aromatic heterocycles. The first-order chi connectivity index (χ1) is 10.7. The number of carbonyl (C=O) groups excluding carboxylic acids is 1. The Kier molecular flexibility index (Phi) is 5.26. The molecule has 1 aromatic carbocycles. The molecule has 0 radical (unpaired) electrons. The third-order valence-electron chi connectivity index (χ3n) is 3.77. The molecule has 8 heteroatoms. The van der Waals surface area contributed by atoms with Gasteiger partial charge in [0.25, 0.3) is 5.91 Å². The van der Waals surface area contributed by atoms with Crippen LogP contribution in [-0.4, -0.2) is 58.7 Å². The monoisotopic (exact) mass is 343 g/mol. The van der Waals surface area contributed by atoms with Gasteiger partial charge in [-0.3, -0.25) is 4.79 Å². The van der Waals surface area contributed by atoms with E-state index in [4.69, 9.17) is 0 Å². The lowest BCUT2D eigenvalue weighted by Crippen LogP contribution is -2.49. The minimum Gasteiger partial charge on any atom is -0.375 e. The number of hydrogen-bond donors (Lipinski definition) is 1. The maximum absolute atomic E-state index is 14.0. The molecule has 0 saturated carbocycles. The van der Waals surface area contributed by atoms with Crippen molar-refractivity contribution in [1.29, 1.82) is 0 Å². The van der Waals surface area contributed by atoms with Crippen molar-refractivity contribution in [2.45, 2.75) is 18.9 Å². The van der Waals surface area contributed by atoms with Crippen LogP contribution in [0.2, 0.25) is 0 Å². The number of amides is 1. The van der Waals surface area contributed by atoms with Crippen molar-refractivity contribution < 1.29 is 17.6 Å². The Balaban J connectivity index is 2.12. The highest BCUT2D eigenvalue weighted by Crippen LogP contribution is 2.20. The van der Waals surface area contributed by atoms with Crippen LogP contribution in [0, 0.1) is 5.82 Å². The molecule has 1 aliphatic rings. The Hall–Kier alpha value is -1.67. The number of hydrogen-bond acceptors (Lipinski definition) is 4. The van der Waals surface area contributed by atoms with Crippen molar-refractivity contribution in [1.82, 2.24) is 9.62 Å². The standard InChI is InChI=1S/C15H22FN3O3S/c1-18(2)14-7-6-11(9-13(14)16)15(20)19-8-4-5-12(10-19)17-23(3,21)22/h6-7,9,12,17H,4-5,8,10H2,1-3H3/t12-/m0/s1. The van der Waals surface area contributed by atoms with E-state index < -0.39 is 15.8 Å². The molecule has 1 fully saturated rings. The fourth-order valence-electron chi connectivity index (χ4n) is 2.75. The minimum absolute atomic E-state index is 0.271. The Bertz CT molecular complexity index is 691. The third kappa shape index (κ3) is 4.65. The second kappa shape index (κ2) is 6.84. The van der Waals surface area contributed by atoms with Gasteiger partial charge in [0.15, 0.2) is 0 Å². The van der Waals surface area contributed by atoms with Gasteiger partial charge in [-0.1, -0.05) is 0 Å². The molecule has 23 heavy (non-hydrogen) atoms. The first kappa shape index (κ1) is 17.7. The summed E-state index contributed by atoms with van der Waals surface area (Å²) < 4.78 is 39.2. The van der Waals surface area contributed by atoms with Gasteiger partial charge in [-0.15, -0.1) is 0 Å². The number of benzene rings is 1. The van der Waals surface area contributed by atoms with Crippen molar-refractivity contribution in [3.63, 3.8) is 0 Å². The first-order valence-corrected chi connectivity index (χ1v) is 9.30. The number of sulfonamides is 1. The van der Waals surface area contributed by atoms with E-state index in [1.165, 1.54) is 6.07 Å². The van der Waals surface area contributed by atoms with E-state index in [0.29, 0.717) is 31.6 Å². The smallest absolute Gasteiger partial charge is 0.254 e. The van der Waals surface area contributed by atoms with Gasteiger partial charge < -0.3 is 9.80 Å². The summed E-state index contributed by atoms with van der Waals surface area (Å²) in [5.41, 5.74) is 0.685. The van der Waals surface area contributed by atoms with Crippen LogP contribution in [0.4, 0.5) is 10.1 Å². The average Bonchev–Trinajstić information content (AvgIpc) is 2.44. The third-order valence-corrected chi connectivity index (χ3v) is 4.53. The van der Waals surface area contributed by atoms with Gasteiger partial charge in [0.2, 0.25) is 10.0 Å². The molecular weight excluding hydrogens is 321 g/mol. The van der Waals surface area contributed by atoms with Crippen LogP contribution in [0.15, 0.2) is 18.2 Å². The number of anilines is 1. The van der Waals surface area contributed by atoms with Crippen LogP contribution in [-0.2, 0) is 10.0 Å². The Morgan fingerprint density at radius 1 is 1.39 bits per heavy atom. The van der Waals surface area contributed by atoms with Crippen molar-refractivity contribution in [3.8, 4) is 0 Å². The van der Waals surface area contributed by atoms with Crippen LogP contribution >= 0.6 is 0 Å². The molecule has 1 amide bonds. The van der Waals surface area contributed by atoms with Crippen LogP contribution in [0.25, 0.3) is 0 Å². The van der Waals surface area contributed by atoms with E-state index in [1.54, 1.807) is 36.0 Å². The molecule has 1 atom stereocenters. The number of nitrogens with one attached hydrogen (secondary N) is 1. The van der Waals surface area contributed by atoms with E-state index in [0.717, 1.165) is 6.26 Å². The van der Waals surface area contributed by atoms with Crippen molar-refractivity contribution in [2.75, 3.05) is 38.3 Å². The van der Waals surface area contributed by atoms with Gasteiger partial charge in [0.05, 0.1) is 11.9 Å². The predicted molar refractivity (Wildman–Crippen MR) is 87.6 cm³/mol. The maximum atomic E-state index is 14.0. The number of piperidine rings is 1. The van der Waals surface area contributed by atoms with Crippen LogP contribution in [0.3, 0.4) is 0 Å². The average molecular weight is 343 g/mol. The molecule has 128 valence electrons. The molecule has 0 bridgehead atoms. The van der Waals surface area contributed by atoms with Crippen LogP contribution in [0.1, 0.15) is 23.2 Å². The number of halogens is 1. The fraction of sp³-hybridized carbons (Fsp3) is 0.533. The summed E-state index contributed by atoms with van der Waals surface area (Å²) in [6.45, 7) is 0.834. The van der Waals surface area contributed by atoms with Crippen molar-refractivity contribution in [3.05, 3.63) is 29.6 Å². The highest BCUT2D eigenvalue weighted by Gasteiger charge is 2.26. The molecule has 1 aromatic rings. The van der Waals surface area contributed by atoms with E-state index in [1.807, 2.05) is 0 Å². The van der Waals surface area contributed by atoms with Gasteiger partial charge in [-0.2, -0.15) is 0 Å². The fourth-order valence-corrected chi connectivity index (χ4v) is 3.54. The Morgan fingerprint density at radius 2 is 2.09 bits per heavy atom. The molecule has 6 nitrogen and oxygen atoms in total. The summed E-state index contributed by atoms with van der Waals surface area (Å²) in [6.07, 6.45) is 2.49. The number of carbonyl (C=O) groups is 1. The number of rotatable bonds is 4. The second-order valence-corrected chi connectivity index (χ2v) is 7.82. The van der Waals surface area contributed by atoms with Gasteiger partial charge in [0.1, 0.15) is 5.82 Å². The summed E-state index contributed by atoms with van der Waals surface area (Å²) in [6, 6.07) is 4.09. The largest absolute Gasteiger partial charge is 0.375 e.